The Balaban J connectivity index is 1.75. The summed E-state index contributed by atoms with van der Waals surface area (Å²) in [5.74, 6) is 0.0327. The predicted octanol–water partition coefficient (Wildman–Crippen LogP) is 2.32. The summed E-state index contributed by atoms with van der Waals surface area (Å²) in [6.45, 7) is 1.52. The Hall–Kier alpha value is -2.36. The van der Waals surface area contributed by atoms with E-state index >= 15 is 0 Å². The molecule has 1 amide bonds. The largest absolute Gasteiger partial charge is 0.384 e. The minimum absolute atomic E-state index is 0.0327. The van der Waals surface area contributed by atoms with E-state index < -0.39 is 0 Å². The van der Waals surface area contributed by atoms with Crippen molar-refractivity contribution in [1.29, 1.82) is 0 Å². The number of benzene rings is 1. The number of rotatable bonds is 3. The zero-order valence-corrected chi connectivity index (χ0v) is 11.5. The topological polar surface area (TPSA) is 45.2 Å². The number of nitrogens with zero attached hydrogens (tertiary/aromatic N) is 2. The molecule has 4 nitrogen and oxygen atoms in total. The minimum Gasteiger partial charge on any atom is -0.384 e. The van der Waals surface area contributed by atoms with Crippen LogP contribution < -0.4 is 5.32 Å². The number of nitrogens with one attached hydrogen (secondary N) is 1. The van der Waals surface area contributed by atoms with Crippen molar-refractivity contribution in [1.82, 2.24) is 9.88 Å². The Morgan fingerprint density at radius 3 is 3.10 bits per heavy atom. The van der Waals surface area contributed by atoms with Crippen LogP contribution in [0.3, 0.4) is 0 Å². The molecule has 2 aromatic rings. The van der Waals surface area contributed by atoms with Gasteiger partial charge in [-0.15, -0.1) is 0 Å². The van der Waals surface area contributed by atoms with E-state index in [1.165, 1.54) is 5.56 Å². The SMILES string of the molecule is CN(Cc1cccnc1)C(=O)c1ccc2c(c1)NCC2. The third-order valence-corrected chi connectivity index (χ3v) is 3.56. The fourth-order valence-corrected chi connectivity index (χ4v) is 2.48. The zero-order chi connectivity index (χ0) is 13.9. The van der Waals surface area contributed by atoms with Crippen LogP contribution in [0.15, 0.2) is 42.7 Å². The Kier molecular flexibility index (Phi) is 3.37. The highest BCUT2D eigenvalue weighted by atomic mass is 16.2. The van der Waals surface area contributed by atoms with Gasteiger partial charge in [0.1, 0.15) is 0 Å². The van der Waals surface area contributed by atoms with E-state index in [2.05, 4.69) is 10.3 Å². The Morgan fingerprint density at radius 1 is 1.40 bits per heavy atom. The lowest BCUT2D eigenvalue weighted by Crippen LogP contribution is -2.26. The Morgan fingerprint density at radius 2 is 2.30 bits per heavy atom. The maximum atomic E-state index is 12.4. The smallest absolute Gasteiger partial charge is 0.253 e. The highest BCUT2D eigenvalue weighted by Gasteiger charge is 2.16. The van der Waals surface area contributed by atoms with E-state index in [0.29, 0.717) is 6.54 Å². The third-order valence-electron chi connectivity index (χ3n) is 3.56. The van der Waals surface area contributed by atoms with Crippen LogP contribution in [0, 0.1) is 0 Å². The number of hydrogen-bond acceptors (Lipinski definition) is 3. The molecule has 0 aliphatic carbocycles. The van der Waals surface area contributed by atoms with Crippen molar-refractivity contribution in [2.24, 2.45) is 0 Å². The van der Waals surface area contributed by atoms with Crippen molar-refractivity contribution in [3.05, 3.63) is 59.4 Å². The molecule has 1 aliphatic heterocycles. The fraction of sp³-hybridized carbons (Fsp3) is 0.250. The van der Waals surface area contributed by atoms with E-state index in [1.807, 2.05) is 37.4 Å². The van der Waals surface area contributed by atoms with Crippen molar-refractivity contribution >= 4 is 11.6 Å². The Labute approximate surface area is 118 Å². The van der Waals surface area contributed by atoms with Gasteiger partial charge in [0.2, 0.25) is 0 Å². The first-order chi connectivity index (χ1) is 9.74. The first kappa shape index (κ1) is 12.7. The second-order valence-electron chi connectivity index (χ2n) is 5.07. The molecule has 0 bridgehead atoms. The number of amides is 1. The van der Waals surface area contributed by atoms with Gasteiger partial charge in [-0.1, -0.05) is 12.1 Å². The lowest BCUT2D eigenvalue weighted by molar-refractivity contribution is 0.0785. The predicted molar refractivity (Wildman–Crippen MR) is 78.7 cm³/mol. The zero-order valence-electron chi connectivity index (χ0n) is 11.5. The highest BCUT2D eigenvalue weighted by Crippen LogP contribution is 2.23. The molecule has 0 unspecified atom stereocenters. The van der Waals surface area contributed by atoms with Crippen molar-refractivity contribution in [2.45, 2.75) is 13.0 Å². The third kappa shape index (κ3) is 2.50. The molecule has 4 heteroatoms. The van der Waals surface area contributed by atoms with Crippen LogP contribution in [0.1, 0.15) is 21.5 Å². The first-order valence-corrected chi connectivity index (χ1v) is 6.75. The van der Waals surface area contributed by atoms with Crippen LogP contribution in [0.2, 0.25) is 0 Å². The molecule has 1 aromatic carbocycles. The maximum absolute atomic E-state index is 12.4. The molecule has 0 saturated heterocycles. The van der Waals surface area contributed by atoms with E-state index in [0.717, 1.165) is 29.8 Å². The molecule has 0 spiro atoms. The van der Waals surface area contributed by atoms with Crippen LogP contribution in [0.4, 0.5) is 5.69 Å². The average Bonchev–Trinajstić information content (AvgIpc) is 2.94. The van der Waals surface area contributed by atoms with E-state index in [-0.39, 0.29) is 5.91 Å². The van der Waals surface area contributed by atoms with Crippen LogP contribution in [-0.4, -0.2) is 29.4 Å². The minimum atomic E-state index is 0.0327. The summed E-state index contributed by atoms with van der Waals surface area (Å²) in [5.41, 5.74) is 4.13. The maximum Gasteiger partial charge on any atom is 0.253 e. The fourth-order valence-electron chi connectivity index (χ4n) is 2.48. The molecular formula is C16H17N3O. The van der Waals surface area contributed by atoms with Crippen molar-refractivity contribution in [3.8, 4) is 0 Å². The molecule has 102 valence electrons. The molecule has 20 heavy (non-hydrogen) atoms. The number of hydrogen-bond donors (Lipinski definition) is 1. The van der Waals surface area contributed by atoms with E-state index in [4.69, 9.17) is 0 Å². The van der Waals surface area contributed by atoms with Gasteiger partial charge in [-0.05, 0) is 35.7 Å². The summed E-state index contributed by atoms with van der Waals surface area (Å²) >= 11 is 0. The number of anilines is 1. The molecule has 1 aromatic heterocycles. The quantitative estimate of drug-likeness (QED) is 0.928. The molecule has 2 heterocycles. The number of carbonyl (C=O) groups is 1. The van der Waals surface area contributed by atoms with Gasteiger partial charge in [0.05, 0.1) is 0 Å². The second-order valence-corrected chi connectivity index (χ2v) is 5.07. The van der Waals surface area contributed by atoms with Gasteiger partial charge in [0.15, 0.2) is 0 Å². The first-order valence-electron chi connectivity index (χ1n) is 6.75. The van der Waals surface area contributed by atoms with Crippen LogP contribution in [-0.2, 0) is 13.0 Å². The molecule has 0 radical (unpaired) electrons. The highest BCUT2D eigenvalue weighted by molar-refractivity contribution is 5.95. The molecular weight excluding hydrogens is 250 g/mol. The monoisotopic (exact) mass is 267 g/mol. The van der Waals surface area contributed by atoms with Gasteiger partial charge in [-0.25, -0.2) is 0 Å². The van der Waals surface area contributed by atoms with Gasteiger partial charge >= 0.3 is 0 Å². The normalized spacial score (nSPS) is 12.7. The number of fused-ring (bicyclic) bond motifs is 1. The van der Waals surface area contributed by atoms with E-state index in [1.54, 1.807) is 17.3 Å². The molecule has 1 N–H and O–H groups in total. The van der Waals surface area contributed by atoms with Crippen LogP contribution in [0.5, 0.6) is 0 Å². The lowest BCUT2D eigenvalue weighted by atomic mass is 10.1. The summed E-state index contributed by atoms with van der Waals surface area (Å²) in [6.07, 6.45) is 4.56. The average molecular weight is 267 g/mol. The number of aromatic nitrogens is 1. The van der Waals surface area contributed by atoms with Crippen molar-refractivity contribution in [3.63, 3.8) is 0 Å². The van der Waals surface area contributed by atoms with Crippen LogP contribution in [0.25, 0.3) is 0 Å². The molecule has 0 saturated carbocycles. The van der Waals surface area contributed by atoms with Gasteiger partial charge in [-0.2, -0.15) is 0 Å². The summed E-state index contributed by atoms with van der Waals surface area (Å²) in [4.78, 5) is 18.2. The molecule has 0 fully saturated rings. The van der Waals surface area contributed by atoms with Crippen molar-refractivity contribution < 1.29 is 4.79 Å². The van der Waals surface area contributed by atoms with Gasteiger partial charge in [-0.3, -0.25) is 9.78 Å². The van der Waals surface area contributed by atoms with Crippen molar-refractivity contribution in [2.75, 3.05) is 18.9 Å². The lowest BCUT2D eigenvalue weighted by Gasteiger charge is -2.17. The van der Waals surface area contributed by atoms with Gasteiger partial charge < -0.3 is 10.2 Å². The number of pyridine rings is 1. The summed E-state index contributed by atoms with van der Waals surface area (Å²) in [5, 5.41) is 3.30. The summed E-state index contributed by atoms with van der Waals surface area (Å²) in [6, 6.07) is 9.76. The molecule has 0 atom stereocenters. The molecule has 1 aliphatic rings. The second kappa shape index (κ2) is 5.33. The van der Waals surface area contributed by atoms with Crippen LogP contribution >= 0.6 is 0 Å². The number of carbonyl (C=O) groups excluding carboxylic acids is 1. The summed E-state index contributed by atoms with van der Waals surface area (Å²) in [7, 11) is 1.82. The molecule has 3 rings (SSSR count). The standard InChI is InChI=1S/C16H17N3O/c1-19(11-12-3-2-7-17-10-12)16(20)14-5-4-13-6-8-18-15(13)9-14/h2-5,7,9-10,18H,6,8,11H2,1H3. The van der Waals surface area contributed by atoms with Gasteiger partial charge in [0.25, 0.3) is 5.91 Å². The van der Waals surface area contributed by atoms with Gasteiger partial charge in [0, 0.05) is 43.8 Å². The van der Waals surface area contributed by atoms with E-state index in [9.17, 15) is 4.79 Å². The summed E-state index contributed by atoms with van der Waals surface area (Å²) < 4.78 is 0. The Bertz CT molecular complexity index is 625.